The predicted octanol–water partition coefficient (Wildman–Crippen LogP) is 2.13. The van der Waals surface area contributed by atoms with Crippen molar-refractivity contribution in [3.05, 3.63) is 0 Å². The summed E-state index contributed by atoms with van der Waals surface area (Å²) in [4.78, 5) is 23.2. The van der Waals surface area contributed by atoms with E-state index in [1.807, 2.05) is 0 Å². The van der Waals surface area contributed by atoms with Crippen LogP contribution in [0.2, 0.25) is 0 Å². The van der Waals surface area contributed by atoms with E-state index in [1.54, 1.807) is 0 Å². The van der Waals surface area contributed by atoms with Crippen molar-refractivity contribution < 1.29 is 9.59 Å². The molecule has 0 aromatic heterocycles. The van der Waals surface area contributed by atoms with Crippen LogP contribution in [0.3, 0.4) is 0 Å². The molecule has 4 heteroatoms. The highest BCUT2D eigenvalue weighted by atomic mass is 16.2. The second-order valence-electron chi connectivity index (χ2n) is 7.47. The van der Waals surface area contributed by atoms with Gasteiger partial charge in [0.25, 0.3) is 0 Å². The molecule has 0 aromatic carbocycles. The zero-order chi connectivity index (χ0) is 15.5. The number of carbonyl (C=O) groups excluding carboxylic acids is 2. The molecule has 2 aliphatic carbocycles. The summed E-state index contributed by atoms with van der Waals surface area (Å²) in [6.45, 7) is 8.01. The Kier molecular flexibility index (Phi) is 5.42. The van der Waals surface area contributed by atoms with Gasteiger partial charge in [-0.25, -0.2) is 0 Å². The van der Waals surface area contributed by atoms with Crippen LogP contribution in [-0.4, -0.2) is 31.3 Å². The molecule has 21 heavy (non-hydrogen) atoms. The van der Waals surface area contributed by atoms with Crippen LogP contribution in [0, 0.1) is 23.2 Å². The number of hydrogen-bond donors (Lipinski definition) is 2. The van der Waals surface area contributed by atoms with Gasteiger partial charge in [0.1, 0.15) is 6.29 Å². The molecule has 0 aromatic rings. The van der Waals surface area contributed by atoms with Crippen LogP contribution in [0.15, 0.2) is 0 Å². The topological polar surface area (TPSA) is 58.2 Å². The summed E-state index contributed by atoms with van der Waals surface area (Å²) in [5.41, 5.74) is 0.400. The normalized spacial score (nSPS) is 29.7. The van der Waals surface area contributed by atoms with E-state index in [0.29, 0.717) is 23.8 Å². The highest BCUT2D eigenvalue weighted by molar-refractivity contribution is 5.81. The fourth-order valence-electron chi connectivity index (χ4n) is 3.79. The molecule has 4 nitrogen and oxygen atoms in total. The standard InChI is InChI=1S/C17H30N2O2/c1-12-14(17(12,2)3)9-18-10-16(21)19-15(11-20)13-7-5-4-6-8-13/h11-15,18H,4-10H2,1-3H3,(H,19,21)/t12?,14?,15-/m1/s1. The quantitative estimate of drug-likeness (QED) is 0.707. The Balaban J connectivity index is 1.67. The van der Waals surface area contributed by atoms with E-state index in [-0.39, 0.29) is 11.9 Å². The summed E-state index contributed by atoms with van der Waals surface area (Å²) in [7, 11) is 0. The molecule has 0 spiro atoms. The average molecular weight is 294 g/mol. The second-order valence-corrected chi connectivity index (χ2v) is 7.47. The number of rotatable bonds is 7. The molecule has 120 valence electrons. The molecule has 2 fully saturated rings. The van der Waals surface area contributed by atoms with Crippen LogP contribution in [-0.2, 0) is 9.59 Å². The van der Waals surface area contributed by atoms with Gasteiger partial charge in [-0.3, -0.25) is 4.79 Å². The van der Waals surface area contributed by atoms with Gasteiger partial charge in [-0.2, -0.15) is 0 Å². The maximum absolute atomic E-state index is 12.0. The summed E-state index contributed by atoms with van der Waals surface area (Å²) in [5.74, 6) is 1.66. The zero-order valence-corrected chi connectivity index (χ0v) is 13.7. The largest absolute Gasteiger partial charge is 0.345 e. The number of nitrogens with one attached hydrogen (secondary N) is 2. The fraction of sp³-hybridized carbons (Fsp3) is 0.882. The third kappa shape index (κ3) is 4.06. The smallest absolute Gasteiger partial charge is 0.234 e. The van der Waals surface area contributed by atoms with Crippen LogP contribution in [0.1, 0.15) is 52.9 Å². The van der Waals surface area contributed by atoms with Gasteiger partial charge in [-0.05, 0) is 42.6 Å². The molecule has 2 unspecified atom stereocenters. The van der Waals surface area contributed by atoms with Crippen LogP contribution < -0.4 is 10.6 Å². The minimum Gasteiger partial charge on any atom is -0.345 e. The number of aldehydes is 1. The minimum atomic E-state index is -0.295. The first-order chi connectivity index (χ1) is 9.96. The van der Waals surface area contributed by atoms with Crippen molar-refractivity contribution in [2.45, 2.75) is 58.9 Å². The number of hydrogen-bond acceptors (Lipinski definition) is 3. The zero-order valence-electron chi connectivity index (χ0n) is 13.7. The van der Waals surface area contributed by atoms with E-state index in [2.05, 4.69) is 31.4 Å². The minimum absolute atomic E-state index is 0.0521. The molecule has 1 amide bonds. The van der Waals surface area contributed by atoms with E-state index in [1.165, 1.54) is 19.3 Å². The molecule has 2 N–H and O–H groups in total. The third-order valence-electron chi connectivity index (χ3n) is 5.91. The molecule has 2 saturated carbocycles. The lowest BCUT2D eigenvalue weighted by atomic mass is 9.84. The Morgan fingerprint density at radius 2 is 1.90 bits per heavy atom. The maximum Gasteiger partial charge on any atom is 0.234 e. The summed E-state index contributed by atoms with van der Waals surface area (Å²) < 4.78 is 0. The van der Waals surface area contributed by atoms with E-state index in [0.717, 1.165) is 31.6 Å². The molecule has 0 radical (unpaired) electrons. The van der Waals surface area contributed by atoms with Crippen molar-refractivity contribution in [2.75, 3.05) is 13.1 Å². The van der Waals surface area contributed by atoms with Crippen molar-refractivity contribution in [1.82, 2.24) is 10.6 Å². The van der Waals surface area contributed by atoms with Crippen LogP contribution in [0.4, 0.5) is 0 Å². The fourth-order valence-corrected chi connectivity index (χ4v) is 3.79. The lowest BCUT2D eigenvalue weighted by molar-refractivity contribution is -0.124. The molecule has 0 heterocycles. The van der Waals surface area contributed by atoms with Gasteiger partial charge in [0.15, 0.2) is 0 Å². The van der Waals surface area contributed by atoms with Crippen molar-refractivity contribution in [3.63, 3.8) is 0 Å². The Labute approximate surface area is 128 Å². The van der Waals surface area contributed by atoms with Crippen LogP contribution >= 0.6 is 0 Å². The van der Waals surface area contributed by atoms with Gasteiger partial charge in [-0.1, -0.05) is 40.0 Å². The molecular weight excluding hydrogens is 264 g/mol. The molecule has 2 rings (SSSR count). The first-order valence-electron chi connectivity index (χ1n) is 8.42. The van der Waals surface area contributed by atoms with Crippen LogP contribution in [0.5, 0.6) is 0 Å². The lowest BCUT2D eigenvalue weighted by Crippen LogP contribution is -2.45. The van der Waals surface area contributed by atoms with E-state index >= 15 is 0 Å². The molecule has 2 aliphatic rings. The van der Waals surface area contributed by atoms with Crippen molar-refractivity contribution in [2.24, 2.45) is 23.2 Å². The highest BCUT2D eigenvalue weighted by Gasteiger charge is 2.53. The Morgan fingerprint density at radius 1 is 1.29 bits per heavy atom. The van der Waals surface area contributed by atoms with Gasteiger partial charge >= 0.3 is 0 Å². The first-order valence-corrected chi connectivity index (χ1v) is 8.42. The Bertz CT molecular complexity index is 375. The molecule has 0 saturated heterocycles. The predicted molar refractivity (Wildman–Crippen MR) is 83.9 cm³/mol. The number of carbonyl (C=O) groups is 2. The van der Waals surface area contributed by atoms with Crippen molar-refractivity contribution >= 4 is 12.2 Å². The van der Waals surface area contributed by atoms with Gasteiger partial charge in [0.2, 0.25) is 5.91 Å². The third-order valence-corrected chi connectivity index (χ3v) is 5.91. The number of amides is 1. The summed E-state index contributed by atoms with van der Waals surface area (Å²) in [6, 6.07) is -0.295. The van der Waals surface area contributed by atoms with Crippen molar-refractivity contribution in [1.29, 1.82) is 0 Å². The van der Waals surface area contributed by atoms with E-state index in [4.69, 9.17) is 0 Å². The summed E-state index contributed by atoms with van der Waals surface area (Å²) in [5, 5.41) is 6.13. The highest BCUT2D eigenvalue weighted by Crippen LogP contribution is 2.57. The summed E-state index contributed by atoms with van der Waals surface area (Å²) >= 11 is 0. The molecule has 0 aliphatic heterocycles. The van der Waals surface area contributed by atoms with Gasteiger partial charge in [0, 0.05) is 0 Å². The van der Waals surface area contributed by atoms with E-state index in [9.17, 15) is 9.59 Å². The Morgan fingerprint density at radius 3 is 2.43 bits per heavy atom. The average Bonchev–Trinajstić information content (AvgIpc) is 2.95. The molecule has 3 atom stereocenters. The van der Waals surface area contributed by atoms with Crippen molar-refractivity contribution in [3.8, 4) is 0 Å². The Hall–Kier alpha value is -0.900. The van der Waals surface area contributed by atoms with Gasteiger partial charge in [0.05, 0.1) is 12.6 Å². The van der Waals surface area contributed by atoms with Gasteiger partial charge in [-0.15, -0.1) is 0 Å². The van der Waals surface area contributed by atoms with Gasteiger partial charge < -0.3 is 15.4 Å². The van der Waals surface area contributed by atoms with Crippen LogP contribution in [0.25, 0.3) is 0 Å². The first kappa shape index (κ1) is 16.5. The summed E-state index contributed by atoms with van der Waals surface area (Å²) in [6.07, 6.45) is 6.65. The SMILES string of the molecule is CC1C(CNCC(=O)N[C@H](C=O)C2CCCCC2)C1(C)C. The maximum atomic E-state index is 12.0. The molecular formula is C17H30N2O2. The molecule has 0 bridgehead atoms. The lowest BCUT2D eigenvalue weighted by Gasteiger charge is -2.27. The second kappa shape index (κ2) is 6.91. The monoisotopic (exact) mass is 294 g/mol. The van der Waals surface area contributed by atoms with E-state index < -0.39 is 0 Å².